The van der Waals surface area contributed by atoms with E-state index < -0.39 is 59.1 Å². The SMILES string of the molecule is CN(Cc1cc(O)ccc1CC(=O)NC1C(=O)N2C(C(=O)O)=C(CSc3ccc4nn(CC(=O)O)c(=O)n4n3)CS[C@@H]12)C(=O)OC(C)(C)C. The maximum Gasteiger partial charge on any atom is 0.410 e. The second kappa shape index (κ2) is 13.8. The highest BCUT2D eigenvalue weighted by Gasteiger charge is 2.54. The lowest BCUT2D eigenvalue weighted by Crippen LogP contribution is -2.70. The predicted molar refractivity (Wildman–Crippen MR) is 175 cm³/mol. The molecule has 2 atom stereocenters. The molecule has 3 amide bonds. The first-order valence-corrected chi connectivity index (χ1v) is 16.8. The molecule has 3 aromatic rings. The summed E-state index contributed by atoms with van der Waals surface area (Å²) in [6, 6.07) is 6.49. The van der Waals surface area contributed by atoms with E-state index in [1.54, 1.807) is 32.9 Å². The van der Waals surface area contributed by atoms with Crippen molar-refractivity contribution in [2.45, 2.75) is 62.3 Å². The van der Waals surface area contributed by atoms with Crippen LogP contribution in [0.5, 0.6) is 5.75 Å². The van der Waals surface area contributed by atoms with Gasteiger partial charge in [-0.25, -0.2) is 14.4 Å². The standard InChI is InChI=1S/C30H33N7O10S2/c1-30(2,3)47-29(46)34(4)11-16-9-18(38)6-5-15(16)10-20(39)31-23-25(42)36-24(27(43)44)17(14-49-26(23)36)13-48-21-8-7-19-32-35(12-22(40)41)28(45)37(19)33-21/h5-9,23,26,38H,10-14H2,1-4H3,(H,31,39)(H,40,41)(H,43,44)/t23?,26-/m0/s1. The maximum atomic E-state index is 13.2. The summed E-state index contributed by atoms with van der Waals surface area (Å²) < 4.78 is 7.10. The molecule has 4 heterocycles. The molecule has 1 unspecified atom stereocenters. The van der Waals surface area contributed by atoms with Gasteiger partial charge in [0.15, 0.2) is 5.65 Å². The summed E-state index contributed by atoms with van der Waals surface area (Å²) in [6.07, 6.45) is -0.753. The number of β-lactam (4-membered cyclic amide) rings is 1. The first-order chi connectivity index (χ1) is 23.0. The number of nitrogens with zero attached hydrogens (tertiary/aromatic N) is 6. The lowest BCUT2D eigenvalue weighted by Gasteiger charge is -2.49. The smallest absolute Gasteiger partial charge is 0.410 e. The molecule has 1 saturated heterocycles. The van der Waals surface area contributed by atoms with Gasteiger partial charge in [-0.15, -0.1) is 28.6 Å². The molecular formula is C30H33N7O10S2. The molecule has 4 N–H and O–H groups in total. The number of nitrogens with one attached hydrogen (secondary N) is 1. The highest BCUT2D eigenvalue weighted by molar-refractivity contribution is 8.01. The normalized spacial score (nSPS) is 17.4. The second-order valence-electron chi connectivity index (χ2n) is 12.2. The summed E-state index contributed by atoms with van der Waals surface area (Å²) >= 11 is 2.42. The van der Waals surface area contributed by atoms with Gasteiger partial charge in [-0.3, -0.25) is 19.3 Å². The molecule has 17 nitrogen and oxygen atoms in total. The number of carbonyl (C=O) groups excluding carboxylic acids is 3. The molecule has 1 aromatic carbocycles. The average molecular weight is 716 g/mol. The number of ether oxygens (including phenoxy) is 1. The molecule has 2 aliphatic rings. The number of benzene rings is 1. The number of carboxylic acid groups (broad SMARTS) is 2. The van der Waals surface area contributed by atoms with Gasteiger partial charge in [0.05, 0.1) is 6.42 Å². The van der Waals surface area contributed by atoms with Crippen LogP contribution in [-0.2, 0) is 43.4 Å². The Morgan fingerprint density at radius 1 is 1.10 bits per heavy atom. The largest absolute Gasteiger partial charge is 0.508 e. The number of hydrogen-bond donors (Lipinski definition) is 4. The van der Waals surface area contributed by atoms with Gasteiger partial charge in [0, 0.05) is 25.1 Å². The molecule has 5 rings (SSSR count). The van der Waals surface area contributed by atoms with Crippen LogP contribution in [0.3, 0.4) is 0 Å². The Morgan fingerprint density at radius 3 is 2.51 bits per heavy atom. The van der Waals surface area contributed by atoms with Gasteiger partial charge in [-0.1, -0.05) is 6.07 Å². The van der Waals surface area contributed by atoms with Crippen LogP contribution in [0.2, 0.25) is 0 Å². The lowest BCUT2D eigenvalue weighted by molar-refractivity contribution is -0.150. The molecule has 260 valence electrons. The number of hydrogen-bond acceptors (Lipinski definition) is 12. The molecule has 0 bridgehead atoms. The van der Waals surface area contributed by atoms with Gasteiger partial charge < -0.3 is 30.3 Å². The van der Waals surface area contributed by atoms with Crippen LogP contribution in [0.1, 0.15) is 31.9 Å². The molecule has 0 radical (unpaired) electrons. The maximum absolute atomic E-state index is 13.2. The lowest BCUT2D eigenvalue weighted by atomic mass is 10.0. The summed E-state index contributed by atoms with van der Waals surface area (Å²) in [5, 5.41) is 39.6. The molecule has 49 heavy (non-hydrogen) atoms. The van der Waals surface area contributed by atoms with E-state index in [1.165, 1.54) is 41.9 Å². The summed E-state index contributed by atoms with van der Waals surface area (Å²) in [6.45, 7) is 4.62. The number of rotatable bonds is 11. The second-order valence-corrected chi connectivity index (χ2v) is 14.3. The number of carbonyl (C=O) groups is 5. The van der Waals surface area contributed by atoms with E-state index in [2.05, 4.69) is 15.5 Å². The third-order valence-corrected chi connectivity index (χ3v) is 9.66. The zero-order valence-corrected chi connectivity index (χ0v) is 28.4. The van der Waals surface area contributed by atoms with E-state index in [9.17, 15) is 39.0 Å². The number of phenolic OH excluding ortho intramolecular Hbond substituents is 1. The Bertz CT molecular complexity index is 1950. The van der Waals surface area contributed by atoms with E-state index in [1.807, 2.05) is 0 Å². The number of aliphatic carboxylic acids is 2. The fourth-order valence-corrected chi connectivity index (χ4v) is 7.48. The van der Waals surface area contributed by atoms with Crippen molar-refractivity contribution in [3.8, 4) is 5.75 Å². The van der Waals surface area contributed by atoms with Crippen LogP contribution in [0.15, 0.2) is 51.4 Å². The van der Waals surface area contributed by atoms with Crippen LogP contribution >= 0.6 is 23.5 Å². The van der Waals surface area contributed by atoms with Crippen LogP contribution in [-0.4, -0.2) is 110 Å². The van der Waals surface area contributed by atoms with Gasteiger partial charge >= 0.3 is 23.7 Å². The molecule has 1 fully saturated rings. The number of aromatic nitrogens is 4. The van der Waals surface area contributed by atoms with Crippen molar-refractivity contribution in [2.75, 3.05) is 18.6 Å². The minimum Gasteiger partial charge on any atom is -0.508 e. The monoisotopic (exact) mass is 715 g/mol. The summed E-state index contributed by atoms with van der Waals surface area (Å²) in [5.41, 5.74) is -0.0432. The van der Waals surface area contributed by atoms with Gasteiger partial charge in [0.25, 0.3) is 5.91 Å². The van der Waals surface area contributed by atoms with E-state index in [0.717, 1.165) is 25.9 Å². The van der Waals surface area contributed by atoms with Crippen LogP contribution in [0.4, 0.5) is 4.79 Å². The van der Waals surface area contributed by atoms with Crippen molar-refractivity contribution in [3.05, 3.63) is 63.2 Å². The van der Waals surface area contributed by atoms with Crippen molar-refractivity contribution >= 4 is 59.0 Å². The zero-order valence-electron chi connectivity index (χ0n) is 26.8. The van der Waals surface area contributed by atoms with Crippen molar-refractivity contribution < 1.29 is 44.0 Å². The average Bonchev–Trinajstić information content (AvgIpc) is 3.31. The number of carboxylic acids is 2. The Morgan fingerprint density at radius 2 is 1.84 bits per heavy atom. The number of thioether (sulfide) groups is 2. The fourth-order valence-electron chi connectivity index (χ4n) is 5.14. The van der Waals surface area contributed by atoms with Gasteiger partial charge in [-0.2, -0.15) is 14.3 Å². The van der Waals surface area contributed by atoms with Crippen molar-refractivity contribution in [2.24, 2.45) is 0 Å². The van der Waals surface area contributed by atoms with Crippen molar-refractivity contribution in [1.29, 1.82) is 0 Å². The fraction of sp³-hybridized carbons (Fsp3) is 0.400. The minimum absolute atomic E-state index is 0.0442. The Hall–Kier alpha value is -5.04. The highest BCUT2D eigenvalue weighted by atomic mass is 32.2. The summed E-state index contributed by atoms with van der Waals surface area (Å²) in [4.78, 5) is 77.1. The number of phenols is 1. The van der Waals surface area contributed by atoms with Gasteiger partial charge in [0.2, 0.25) is 5.91 Å². The first-order valence-electron chi connectivity index (χ1n) is 14.8. The summed E-state index contributed by atoms with van der Waals surface area (Å²) in [5.74, 6) is -3.33. The molecular weight excluding hydrogens is 683 g/mol. The Labute approximate surface area is 286 Å². The van der Waals surface area contributed by atoms with Crippen LogP contribution < -0.4 is 11.0 Å². The molecule has 2 aromatic heterocycles. The molecule has 0 aliphatic carbocycles. The Kier molecular flexibility index (Phi) is 9.95. The first kappa shape index (κ1) is 35.3. The highest BCUT2D eigenvalue weighted by Crippen LogP contribution is 2.41. The topological polar surface area (TPSA) is 226 Å². The third kappa shape index (κ3) is 7.83. The van der Waals surface area contributed by atoms with Gasteiger partial charge in [0.1, 0.15) is 40.0 Å². The number of aromatic hydroxyl groups is 1. The number of fused-ring (bicyclic) bond motifs is 2. The Balaban J connectivity index is 1.24. The predicted octanol–water partition coefficient (Wildman–Crippen LogP) is 1.12. The van der Waals surface area contributed by atoms with Crippen molar-refractivity contribution in [1.82, 2.24) is 34.5 Å². The van der Waals surface area contributed by atoms with E-state index in [0.29, 0.717) is 21.7 Å². The van der Waals surface area contributed by atoms with E-state index in [4.69, 9.17) is 9.84 Å². The van der Waals surface area contributed by atoms with Crippen LogP contribution in [0, 0.1) is 0 Å². The third-order valence-electron chi connectivity index (χ3n) is 7.31. The number of amides is 3. The molecule has 0 saturated carbocycles. The van der Waals surface area contributed by atoms with Crippen molar-refractivity contribution in [3.63, 3.8) is 0 Å². The molecule has 2 aliphatic heterocycles. The quantitative estimate of drug-likeness (QED) is 0.161. The molecule has 19 heteroatoms. The summed E-state index contributed by atoms with van der Waals surface area (Å²) in [7, 11) is 1.53. The van der Waals surface area contributed by atoms with E-state index >= 15 is 0 Å². The van der Waals surface area contributed by atoms with Crippen LogP contribution in [0.25, 0.3) is 5.65 Å². The van der Waals surface area contributed by atoms with E-state index in [-0.39, 0.29) is 41.6 Å². The molecule has 0 spiro atoms. The zero-order chi connectivity index (χ0) is 35.8. The van der Waals surface area contributed by atoms with Gasteiger partial charge in [-0.05, 0) is 61.7 Å². The minimum atomic E-state index is -1.31.